The molecule has 1 heterocycles. The van der Waals surface area contributed by atoms with Gasteiger partial charge in [-0.2, -0.15) is 0 Å². The fourth-order valence-corrected chi connectivity index (χ4v) is 2.70. The number of aryl methyl sites for hydroxylation is 1. The Morgan fingerprint density at radius 2 is 1.85 bits per heavy atom. The summed E-state index contributed by atoms with van der Waals surface area (Å²) in [5.41, 5.74) is 2.40. The Hall–Kier alpha value is -3.61. The number of nitrogens with zero attached hydrogens (tertiary/aromatic N) is 1. The third-order valence-corrected chi connectivity index (χ3v) is 4.13. The van der Waals surface area contributed by atoms with Crippen molar-refractivity contribution in [2.24, 2.45) is 0 Å². The molecule has 0 saturated carbocycles. The molecule has 7 heteroatoms. The number of imide groups is 1. The number of para-hydroxylation sites is 2. The van der Waals surface area contributed by atoms with E-state index in [4.69, 9.17) is 4.74 Å². The first-order valence-corrected chi connectivity index (χ1v) is 8.32. The molecule has 1 aliphatic heterocycles. The van der Waals surface area contributed by atoms with Crippen LogP contribution < -0.4 is 15.4 Å². The smallest absolute Gasteiger partial charge is 0.329 e. The van der Waals surface area contributed by atoms with E-state index in [1.807, 2.05) is 31.2 Å². The van der Waals surface area contributed by atoms with Crippen molar-refractivity contribution >= 4 is 29.6 Å². The number of urea groups is 1. The second-order valence-electron chi connectivity index (χ2n) is 5.98. The summed E-state index contributed by atoms with van der Waals surface area (Å²) in [6.45, 7) is 1.51. The normalized spacial score (nSPS) is 15.0. The van der Waals surface area contributed by atoms with Crippen LogP contribution in [-0.2, 0) is 9.59 Å². The van der Waals surface area contributed by atoms with Crippen LogP contribution in [0.4, 0.5) is 10.5 Å². The Kier molecular flexibility index (Phi) is 5.21. The number of nitrogens with one attached hydrogen (secondary N) is 2. The van der Waals surface area contributed by atoms with Crippen LogP contribution in [0.3, 0.4) is 0 Å². The highest BCUT2D eigenvalue weighted by Crippen LogP contribution is 2.23. The molecule has 0 aromatic heterocycles. The summed E-state index contributed by atoms with van der Waals surface area (Å²) in [4.78, 5) is 37.8. The van der Waals surface area contributed by atoms with Gasteiger partial charge in [0.25, 0.3) is 5.91 Å². The molecule has 0 unspecified atom stereocenters. The summed E-state index contributed by atoms with van der Waals surface area (Å²) in [6.07, 6.45) is 1.60. The van der Waals surface area contributed by atoms with Crippen LogP contribution in [0, 0.1) is 6.92 Å². The standard InChI is InChI=1S/C20H19N3O4/c1-13-7-3-4-8-14(13)11-16-19(25)23(20(26)22-16)12-18(24)21-15-9-5-6-10-17(15)27-2/h3-11H,12H2,1-2H3,(H,21,24)(H,22,26). The van der Waals surface area contributed by atoms with Gasteiger partial charge in [0.1, 0.15) is 18.0 Å². The van der Waals surface area contributed by atoms with Gasteiger partial charge in [0, 0.05) is 0 Å². The number of rotatable bonds is 5. The summed E-state index contributed by atoms with van der Waals surface area (Å²) in [7, 11) is 1.49. The summed E-state index contributed by atoms with van der Waals surface area (Å²) in [6, 6.07) is 13.8. The van der Waals surface area contributed by atoms with Gasteiger partial charge in [0.15, 0.2) is 0 Å². The number of carbonyl (C=O) groups excluding carboxylic acids is 3. The number of carbonyl (C=O) groups is 3. The number of benzene rings is 2. The largest absolute Gasteiger partial charge is 0.495 e. The van der Waals surface area contributed by atoms with Crippen LogP contribution in [-0.4, -0.2) is 36.4 Å². The fraction of sp³-hybridized carbons (Fsp3) is 0.150. The van der Waals surface area contributed by atoms with Gasteiger partial charge in [0.2, 0.25) is 5.91 Å². The van der Waals surface area contributed by atoms with Gasteiger partial charge in [0.05, 0.1) is 12.8 Å². The van der Waals surface area contributed by atoms with E-state index in [9.17, 15) is 14.4 Å². The lowest BCUT2D eigenvalue weighted by atomic mass is 10.1. The molecule has 0 bridgehead atoms. The van der Waals surface area contributed by atoms with Crippen molar-refractivity contribution in [3.05, 3.63) is 65.4 Å². The van der Waals surface area contributed by atoms with Gasteiger partial charge in [-0.25, -0.2) is 9.69 Å². The van der Waals surface area contributed by atoms with Crippen LogP contribution in [0.1, 0.15) is 11.1 Å². The lowest BCUT2D eigenvalue weighted by Crippen LogP contribution is -2.38. The lowest BCUT2D eigenvalue weighted by Gasteiger charge is -2.13. The van der Waals surface area contributed by atoms with E-state index in [1.165, 1.54) is 7.11 Å². The maximum Gasteiger partial charge on any atom is 0.329 e. The van der Waals surface area contributed by atoms with Crippen molar-refractivity contribution in [2.75, 3.05) is 19.0 Å². The second kappa shape index (κ2) is 7.74. The quantitative estimate of drug-likeness (QED) is 0.630. The van der Waals surface area contributed by atoms with E-state index >= 15 is 0 Å². The third-order valence-electron chi connectivity index (χ3n) is 4.13. The third kappa shape index (κ3) is 3.98. The summed E-state index contributed by atoms with van der Waals surface area (Å²) < 4.78 is 5.17. The summed E-state index contributed by atoms with van der Waals surface area (Å²) >= 11 is 0. The van der Waals surface area contributed by atoms with Crippen molar-refractivity contribution in [3.8, 4) is 5.75 Å². The molecule has 138 valence electrons. The Balaban J connectivity index is 1.72. The topological polar surface area (TPSA) is 87.7 Å². The molecule has 0 spiro atoms. The molecule has 0 aliphatic carbocycles. The molecule has 27 heavy (non-hydrogen) atoms. The molecule has 2 N–H and O–H groups in total. The minimum Gasteiger partial charge on any atom is -0.495 e. The van der Waals surface area contributed by atoms with Crippen molar-refractivity contribution in [3.63, 3.8) is 0 Å². The zero-order valence-electron chi connectivity index (χ0n) is 15.0. The van der Waals surface area contributed by atoms with Gasteiger partial charge < -0.3 is 15.4 Å². The number of hydrogen-bond acceptors (Lipinski definition) is 4. The predicted molar refractivity (Wildman–Crippen MR) is 101 cm³/mol. The Morgan fingerprint density at radius 1 is 1.15 bits per heavy atom. The average Bonchev–Trinajstić information content (AvgIpc) is 2.91. The van der Waals surface area contributed by atoms with E-state index in [1.54, 1.807) is 30.3 Å². The number of methoxy groups -OCH3 is 1. The van der Waals surface area contributed by atoms with Gasteiger partial charge >= 0.3 is 6.03 Å². The minimum atomic E-state index is -0.630. The monoisotopic (exact) mass is 365 g/mol. The zero-order valence-corrected chi connectivity index (χ0v) is 15.0. The van der Waals surface area contributed by atoms with Crippen LogP contribution in [0.25, 0.3) is 6.08 Å². The van der Waals surface area contributed by atoms with Gasteiger partial charge in [-0.05, 0) is 36.3 Å². The first-order chi connectivity index (χ1) is 13.0. The molecule has 4 amide bonds. The maximum absolute atomic E-state index is 12.5. The highest BCUT2D eigenvalue weighted by molar-refractivity contribution is 6.16. The van der Waals surface area contributed by atoms with E-state index in [0.717, 1.165) is 16.0 Å². The molecule has 1 saturated heterocycles. The van der Waals surface area contributed by atoms with Crippen LogP contribution >= 0.6 is 0 Å². The molecular formula is C20H19N3O4. The van der Waals surface area contributed by atoms with E-state index in [0.29, 0.717) is 11.4 Å². The molecule has 0 atom stereocenters. The van der Waals surface area contributed by atoms with Crippen molar-refractivity contribution in [1.29, 1.82) is 0 Å². The lowest BCUT2D eigenvalue weighted by molar-refractivity contribution is -0.127. The molecule has 0 radical (unpaired) electrons. The number of hydrogen-bond donors (Lipinski definition) is 2. The second-order valence-corrected chi connectivity index (χ2v) is 5.98. The van der Waals surface area contributed by atoms with Gasteiger partial charge in [-0.3, -0.25) is 9.59 Å². The molecular weight excluding hydrogens is 346 g/mol. The molecule has 1 fully saturated rings. The number of ether oxygens (including phenoxy) is 1. The van der Waals surface area contributed by atoms with Crippen molar-refractivity contribution in [1.82, 2.24) is 10.2 Å². The van der Waals surface area contributed by atoms with Gasteiger partial charge in [-0.1, -0.05) is 36.4 Å². The van der Waals surface area contributed by atoms with E-state index in [2.05, 4.69) is 10.6 Å². The molecule has 1 aliphatic rings. The fourth-order valence-electron chi connectivity index (χ4n) is 2.70. The highest BCUT2D eigenvalue weighted by atomic mass is 16.5. The first-order valence-electron chi connectivity index (χ1n) is 8.32. The molecule has 3 rings (SSSR count). The van der Waals surface area contributed by atoms with Crippen LogP contribution in [0.15, 0.2) is 54.2 Å². The molecule has 7 nitrogen and oxygen atoms in total. The highest BCUT2D eigenvalue weighted by Gasteiger charge is 2.35. The Bertz CT molecular complexity index is 936. The minimum absolute atomic E-state index is 0.138. The summed E-state index contributed by atoms with van der Waals surface area (Å²) in [5, 5.41) is 5.16. The molecule has 2 aromatic rings. The predicted octanol–water partition coefficient (Wildman–Crippen LogP) is 2.54. The Labute approximate surface area is 156 Å². The molecule has 2 aromatic carbocycles. The average molecular weight is 365 g/mol. The van der Waals surface area contributed by atoms with Crippen molar-refractivity contribution < 1.29 is 19.1 Å². The maximum atomic E-state index is 12.5. The SMILES string of the molecule is COc1ccccc1NC(=O)CN1C(=O)NC(=Cc2ccccc2C)C1=O. The zero-order chi connectivity index (χ0) is 19.4. The van der Waals surface area contributed by atoms with Crippen LogP contribution in [0.5, 0.6) is 5.75 Å². The van der Waals surface area contributed by atoms with Crippen molar-refractivity contribution in [2.45, 2.75) is 6.92 Å². The Morgan fingerprint density at radius 3 is 2.59 bits per heavy atom. The number of anilines is 1. The number of amides is 4. The van der Waals surface area contributed by atoms with E-state index < -0.39 is 24.4 Å². The first kappa shape index (κ1) is 18.2. The summed E-state index contributed by atoms with van der Waals surface area (Å²) in [5.74, 6) is -0.554. The van der Waals surface area contributed by atoms with E-state index in [-0.39, 0.29) is 5.70 Å². The van der Waals surface area contributed by atoms with Crippen LogP contribution in [0.2, 0.25) is 0 Å². The van der Waals surface area contributed by atoms with Gasteiger partial charge in [-0.15, -0.1) is 0 Å².